The number of aryl methyl sites for hydroxylation is 1. The van der Waals surface area contributed by atoms with Gasteiger partial charge < -0.3 is 9.13 Å². The number of rotatable bonds is 3. The summed E-state index contributed by atoms with van der Waals surface area (Å²) in [5, 5.41) is 7.51. The van der Waals surface area contributed by atoms with E-state index >= 15 is 0 Å². The average molecular weight is 905 g/mol. The predicted molar refractivity (Wildman–Crippen MR) is 220 cm³/mol. The fourth-order valence-electron chi connectivity index (χ4n) is 8.00. The normalized spacial score (nSPS) is 11.3. The molecule has 0 aliphatic heterocycles. The molecule has 56 heavy (non-hydrogen) atoms. The first-order chi connectivity index (χ1) is 27.0. The van der Waals surface area contributed by atoms with E-state index in [1.165, 1.54) is 12.1 Å². The molecule has 2 aromatic heterocycles. The summed E-state index contributed by atoms with van der Waals surface area (Å²) in [7, 11) is 1.97. The second-order valence-corrected chi connectivity index (χ2v) is 13.6. The third-order valence-corrected chi connectivity index (χ3v) is 10.4. The number of halogens is 2. The molecule has 1 radical (unpaired) electrons. The summed E-state index contributed by atoms with van der Waals surface area (Å²) in [5.74, 6) is -0.569. The van der Waals surface area contributed by atoms with Crippen molar-refractivity contribution in [1.29, 1.82) is 0 Å². The van der Waals surface area contributed by atoms with E-state index in [1.54, 1.807) is 18.5 Å². The third-order valence-electron chi connectivity index (χ3n) is 10.4. The first-order valence-corrected chi connectivity index (χ1v) is 18.0. The molecule has 11 rings (SSSR count). The van der Waals surface area contributed by atoms with E-state index in [0.29, 0.717) is 0 Å². The van der Waals surface area contributed by atoms with Crippen molar-refractivity contribution in [2.75, 3.05) is 0 Å². The molecule has 0 saturated heterocycles. The molecule has 0 unspecified atom stereocenters. The van der Waals surface area contributed by atoms with Crippen LogP contribution in [0.1, 0.15) is 0 Å². The first kappa shape index (κ1) is 35.2. The summed E-state index contributed by atoms with van der Waals surface area (Å²) in [6, 6.07) is 55.5. The maximum absolute atomic E-state index is 14.3. The Morgan fingerprint density at radius 2 is 0.929 bits per heavy atom. The van der Waals surface area contributed by atoms with Gasteiger partial charge in [0, 0.05) is 72.0 Å². The molecule has 0 spiro atoms. The van der Waals surface area contributed by atoms with Crippen LogP contribution in [-0.2, 0) is 27.2 Å². The Kier molecular flexibility index (Phi) is 8.97. The van der Waals surface area contributed by atoms with Crippen molar-refractivity contribution < 1.29 is 28.9 Å². The van der Waals surface area contributed by atoms with Crippen LogP contribution in [0.25, 0.3) is 93.1 Å². The molecule has 4 nitrogen and oxygen atoms in total. The van der Waals surface area contributed by atoms with Gasteiger partial charge in [0.1, 0.15) is 0 Å². The zero-order valence-electron chi connectivity index (χ0n) is 30.0. The number of benzene rings is 9. The van der Waals surface area contributed by atoms with Crippen LogP contribution in [0.4, 0.5) is 8.78 Å². The van der Waals surface area contributed by atoms with Crippen LogP contribution in [0.3, 0.4) is 0 Å². The fourth-order valence-corrected chi connectivity index (χ4v) is 8.00. The van der Waals surface area contributed by atoms with Gasteiger partial charge in [-0.15, -0.1) is 47.2 Å². The zero-order valence-corrected chi connectivity index (χ0v) is 32.4. The van der Waals surface area contributed by atoms with Gasteiger partial charge in [-0.3, -0.25) is 18.7 Å². The molecular formula is C49H30F2IrN4-2. The molecule has 0 aliphatic rings. The minimum atomic E-state index is -0.299. The Balaban J connectivity index is 0.000000172. The number of aromatic nitrogens is 4. The summed E-state index contributed by atoms with van der Waals surface area (Å²) in [5.41, 5.74) is 9.28. The van der Waals surface area contributed by atoms with Crippen LogP contribution in [0, 0.1) is 23.8 Å². The van der Waals surface area contributed by atoms with E-state index in [2.05, 4.69) is 94.5 Å². The Bertz CT molecular complexity index is 3190. The van der Waals surface area contributed by atoms with Crippen molar-refractivity contribution in [2.24, 2.45) is 7.05 Å². The number of para-hydroxylation sites is 1. The van der Waals surface area contributed by atoms with Crippen LogP contribution >= 0.6 is 0 Å². The van der Waals surface area contributed by atoms with Crippen LogP contribution in [0.2, 0.25) is 0 Å². The number of hydrogen-bond donors (Lipinski definition) is 0. The minimum Gasteiger partial charge on any atom is -0.342 e. The fraction of sp³-hybridized carbons (Fsp3) is 0.0204. The molecule has 0 N–H and O–H groups in total. The van der Waals surface area contributed by atoms with E-state index in [-0.39, 0.29) is 31.7 Å². The molecule has 0 saturated carbocycles. The molecule has 0 aliphatic carbocycles. The second kappa shape index (κ2) is 14.3. The monoisotopic (exact) mass is 905 g/mol. The molecule has 2 heterocycles. The average Bonchev–Trinajstić information content (AvgIpc) is 3.86. The number of fused-ring (bicyclic) bond motifs is 12. The van der Waals surface area contributed by atoms with Crippen LogP contribution in [0.5, 0.6) is 0 Å². The minimum absolute atomic E-state index is 0. The van der Waals surface area contributed by atoms with E-state index < -0.39 is 0 Å². The number of hydrogen-bond acceptors (Lipinski definition) is 2. The molecule has 0 amide bonds. The summed E-state index contributed by atoms with van der Waals surface area (Å²) < 4.78 is 32.0. The van der Waals surface area contributed by atoms with Crippen LogP contribution in [0.15, 0.2) is 164 Å². The van der Waals surface area contributed by atoms with Crippen molar-refractivity contribution in [2.45, 2.75) is 0 Å². The summed E-state index contributed by atoms with van der Waals surface area (Å²) >= 11 is 0. The number of nitrogens with zero attached hydrogens (tertiary/aromatic N) is 4. The Labute approximate surface area is 334 Å². The van der Waals surface area contributed by atoms with Crippen LogP contribution in [-0.4, -0.2) is 19.1 Å². The topological polar surface area (TPSA) is 35.6 Å². The maximum atomic E-state index is 14.3. The Hall–Kier alpha value is -6.53. The molecule has 271 valence electrons. The van der Waals surface area contributed by atoms with Crippen molar-refractivity contribution in [3.8, 4) is 27.9 Å². The number of imidazole rings is 2. The van der Waals surface area contributed by atoms with Crippen molar-refractivity contribution in [3.05, 3.63) is 188 Å². The van der Waals surface area contributed by atoms with E-state index in [0.717, 1.165) is 93.1 Å². The Morgan fingerprint density at radius 3 is 1.46 bits per heavy atom. The van der Waals surface area contributed by atoms with Gasteiger partial charge in [0.15, 0.2) is 0 Å². The zero-order chi connectivity index (χ0) is 37.0. The van der Waals surface area contributed by atoms with Gasteiger partial charge in [0.05, 0.1) is 18.3 Å². The van der Waals surface area contributed by atoms with Gasteiger partial charge in [0.25, 0.3) is 0 Å². The standard InChI is InChI=1S/C33H20FN2.C16H10FN2.Ir/c34-24-18-19-28-30(20-24)27-14-7-8-15-29(27)33-31(28)35-21-36(33)32-25(22-10-3-1-4-11-22)16-9-17-26(32)23-12-5-2-6-13-23;1-19-9-18-15-12-7-6-10(17)8-14(12)11-4-2-3-5-13(11)16(15)19;/h1-18,20-21H;2-6,8-9H,1H3;/q2*-1;. The van der Waals surface area contributed by atoms with E-state index in [9.17, 15) is 8.78 Å². The summed E-state index contributed by atoms with van der Waals surface area (Å²) in [6.45, 7) is 0. The molecule has 0 bridgehead atoms. The van der Waals surface area contributed by atoms with Crippen molar-refractivity contribution in [1.82, 2.24) is 19.1 Å². The van der Waals surface area contributed by atoms with E-state index in [1.807, 2.05) is 72.5 Å². The first-order valence-electron chi connectivity index (χ1n) is 18.0. The van der Waals surface area contributed by atoms with Gasteiger partial charge in [-0.2, -0.15) is 0 Å². The van der Waals surface area contributed by atoms with Gasteiger partial charge >= 0.3 is 0 Å². The van der Waals surface area contributed by atoms with Gasteiger partial charge in [-0.1, -0.05) is 149 Å². The van der Waals surface area contributed by atoms with Crippen molar-refractivity contribution >= 4 is 65.2 Å². The van der Waals surface area contributed by atoms with Gasteiger partial charge in [0.2, 0.25) is 0 Å². The van der Waals surface area contributed by atoms with Crippen molar-refractivity contribution in [3.63, 3.8) is 0 Å². The third kappa shape index (κ3) is 5.75. The smallest absolute Gasteiger partial charge is 0.0889 e. The molecule has 0 atom stereocenters. The van der Waals surface area contributed by atoms with Gasteiger partial charge in [-0.25, -0.2) is 0 Å². The van der Waals surface area contributed by atoms with Gasteiger partial charge in [-0.05, 0) is 21.9 Å². The molecular weight excluding hydrogens is 875 g/mol. The summed E-state index contributed by atoms with van der Waals surface area (Å²) in [4.78, 5) is 9.32. The predicted octanol–water partition coefficient (Wildman–Crippen LogP) is 12.4. The van der Waals surface area contributed by atoms with Crippen LogP contribution < -0.4 is 0 Å². The molecule has 0 fully saturated rings. The molecule has 9 aromatic carbocycles. The molecule has 11 aromatic rings. The molecule has 7 heteroatoms. The Morgan fingerprint density at radius 1 is 0.482 bits per heavy atom. The quantitative estimate of drug-likeness (QED) is 0.131. The van der Waals surface area contributed by atoms with E-state index in [4.69, 9.17) is 4.98 Å². The summed E-state index contributed by atoms with van der Waals surface area (Å²) in [6.07, 6.45) is 3.68. The maximum Gasteiger partial charge on any atom is 0.0889 e. The SMILES string of the molecule is Cn1cnc2c3[c-]cc(F)cc3c3ccccc3c21.Fc1c[c-]c2c(c1)c1ccccc1c1c2ncn1-c1c(-c2ccccc2)cccc1-c1ccccc1.[Ir]. The second-order valence-electron chi connectivity index (χ2n) is 13.6. The largest absolute Gasteiger partial charge is 0.342 e.